The third-order valence-electron chi connectivity index (χ3n) is 5.59. The SMILES string of the molecule is CNC(=O)c1ccc(Nc2nc(OC3CCCC3)c3c(C(N)=CC=N)c[nH]c3n2)c(OC)c1. The average molecular weight is 450 g/mol. The smallest absolute Gasteiger partial charge is 0.251 e. The number of nitrogens with zero attached hydrogens (tertiary/aromatic N) is 2. The van der Waals surface area contributed by atoms with Crippen LogP contribution in [0.15, 0.2) is 30.5 Å². The zero-order valence-corrected chi connectivity index (χ0v) is 18.6. The van der Waals surface area contributed by atoms with Gasteiger partial charge in [-0.15, -0.1) is 0 Å². The van der Waals surface area contributed by atoms with Gasteiger partial charge in [0.1, 0.15) is 17.5 Å². The number of aromatic amines is 1. The lowest BCUT2D eigenvalue weighted by molar-refractivity contribution is 0.0962. The van der Waals surface area contributed by atoms with Crippen LogP contribution in [-0.2, 0) is 0 Å². The Morgan fingerprint density at radius 1 is 1.30 bits per heavy atom. The number of rotatable bonds is 8. The number of allylic oxidation sites excluding steroid dienone is 1. The molecule has 172 valence electrons. The van der Waals surface area contributed by atoms with E-state index in [9.17, 15) is 4.79 Å². The summed E-state index contributed by atoms with van der Waals surface area (Å²) in [4.78, 5) is 24.3. The van der Waals surface area contributed by atoms with E-state index in [0.29, 0.717) is 51.1 Å². The summed E-state index contributed by atoms with van der Waals surface area (Å²) in [5.41, 5.74) is 8.89. The Morgan fingerprint density at radius 3 is 2.79 bits per heavy atom. The number of fused-ring (bicyclic) bond motifs is 1. The van der Waals surface area contributed by atoms with Gasteiger partial charge in [0.15, 0.2) is 0 Å². The van der Waals surface area contributed by atoms with Gasteiger partial charge in [-0.25, -0.2) is 0 Å². The van der Waals surface area contributed by atoms with Crippen molar-refractivity contribution in [3.8, 4) is 11.6 Å². The van der Waals surface area contributed by atoms with Crippen molar-refractivity contribution in [2.45, 2.75) is 31.8 Å². The van der Waals surface area contributed by atoms with Gasteiger partial charge in [-0.1, -0.05) is 0 Å². The second kappa shape index (κ2) is 9.60. The second-order valence-electron chi connectivity index (χ2n) is 7.71. The molecule has 1 amide bonds. The molecule has 1 aliphatic rings. The fourth-order valence-electron chi connectivity index (χ4n) is 3.91. The van der Waals surface area contributed by atoms with E-state index in [-0.39, 0.29) is 12.0 Å². The Kier molecular flexibility index (Phi) is 6.43. The van der Waals surface area contributed by atoms with Crippen molar-refractivity contribution in [2.75, 3.05) is 19.5 Å². The lowest BCUT2D eigenvalue weighted by Gasteiger charge is -2.16. The highest BCUT2D eigenvalue weighted by molar-refractivity contribution is 5.97. The van der Waals surface area contributed by atoms with Crippen LogP contribution >= 0.6 is 0 Å². The fourth-order valence-corrected chi connectivity index (χ4v) is 3.91. The van der Waals surface area contributed by atoms with Crippen LogP contribution in [-0.4, -0.2) is 47.3 Å². The number of aromatic nitrogens is 3. The van der Waals surface area contributed by atoms with Crippen LogP contribution in [0.1, 0.15) is 41.6 Å². The Bertz CT molecular complexity index is 1210. The molecule has 1 fully saturated rings. The number of benzene rings is 1. The maximum absolute atomic E-state index is 11.9. The zero-order valence-electron chi connectivity index (χ0n) is 18.6. The summed E-state index contributed by atoms with van der Waals surface area (Å²) in [6.07, 6.45) is 8.63. The van der Waals surface area contributed by atoms with Gasteiger partial charge in [0.2, 0.25) is 11.8 Å². The molecule has 0 radical (unpaired) electrons. The van der Waals surface area contributed by atoms with Crippen molar-refractivity contribution in [1.29, 1.82) is 5.41 Å². The predicted octanol–water partition coefficient (Wildman–Crippen LogP) is 3.34. The molecule has 0 atom stereocenters. The standard InChI is InChI=1S/C23H27N7O3/c1-26-21(31)13-7-8-17(18(11-13)32-2)28-23-29-20-19(15(12-27-20)16(25)9-10-24)22(30-23)33-14-5-3-4-6-14/h7-12,14,24H,3-6,25H2,1-2H3,(H,26,31)(H2,27,28,29,30). The average Bonchev–Trinajstić information content (AvgIpc) is 3.49. The fraction of sp³-hybridized carbons (Fsp3) is 0.304. The van der Waals surface area contributed by atoms with Gasteiger partial charge in [-0.3, -0.25) is 4.79 Å². The maximum atomic E-state index is 11.9. The van der Waals surface area contributed by atoms with Crippen molar-refractivity contribution in [3.63, 3.8) is 0 Å². The van der Waals surface area contributed by atoms with Gasteiger partial charge >= 0.3 is 0 Å². The number of ether oxygens (including phenoxy) is 2. The van der Waals surface area contributed by atoms with E-state index in [1.165, 1.54) is 13.2 Å². The minimum Gasteiger partial charge on any atom is -0.495 e. The quantitative estimate of drug-likeness (QED) is 0.331. The number of hydrogen-bond donors (Lipinski definition) is 5. The van der Waals surface area contributed by atoms with Crippen molar-refractivity contribution in [2.24, 2.45) is 5.73 Å². The molecule has 2 heterocycles. The van der Waals surface area contributed by atoms with Crippen molar-refractivity contribution < 1.29 is 14.3 Å². The number of methoxy groups -OCH3 is 1. The first kappa shape index (κ1) is 22.1. The summed E-state index contributed by atoms with van der Waals surface area (Å²) < 4.78 is 11.7. The molecule has 1 aliphatic carbocycles. The first-order valence-corrected chi connectivity index (χ1v) is 10.7. The third-order valence-corrected chi connectivity index (χ3v) is 5.59. The van der Waals surface area contributed by atoms with E-state index in [2.05, 4.69) is 25.6 Å². The van der Waals surface area contributed by atoms with Crippen LogP contribution in [0.25, 0.3) is 16.7 Å². The molecule has 10 nitrogen and oxygen atoms in total. The van der Waals surface area contributed by atoms with Crippen LogP contribution in [0.5, 0.6) is 11.6 Å². The number of amides is 1. The number of carbonyl (C=O) groups is 1. The Labute approximate surface area is 191 Å². The molecule has 33 heavy (non-hydrogen) atoms. The van der Waals surface area contributed by atoms with Crippen molar-refractivity contribution in [1.82, 2.24) is 20.3 Å². The molecule has 0 bridgehead atoms. The molecule has 0 unspecified atom stereocenters. The molecule has 6 N–H and O–H groups in total. The molecule has 3 aromatic rings. The van der Waals surface area contributed by atoms with E-state index < -0.39 is 0 Å². The summed E-state index contributed by atoms with van der Waals surface area (Å²) in [7, 11) is 3.10. The molecule has 0 aliphatic heterocycles. The summed E-state index contributed by atoms with van der Waals surface area (Å²) in [6, 6.07) is 5.07. The summed E-state index contributed by atoms with van der Waals surface area (Å²) in [5.74, 6) is 1.00. The number of anilines is 2. The van der Waals surface area contributed by atoms with Crippen LogP contribution in [0, 0.1) is 5.41 Å². The highest BCUT2D eigenvalue weighted by Gasteiger charge is 2.22. The molecule has 0 spiro atoms. The van der Waals surface area contributed by atoms with Crippen molar-refractivity contribution >= 4 is 40.5 Å². The van der Waals surface area contributed by atoms with E-state index in [1.807, 2.05) is 0 Å². The highest BCUT2D eigenvalue weighted by Crippen LogP contribution is 2.35. The predicted molar refractivity (Wildman–Crippen MR) is 127 cm³/mol. The zero-order chi connectivity index (χ0) is 23.4. The minimum absolute atomic E-state index is 0.0769. The summed E-state index contributed by atoms with van der Waals surface area (Å²) in [5, 5.41) is 13.8. The van der Waals surface area contributed by atoms with Crippen LogP contribution < -0.4 is 25.8 Å². The summed E-state index contributed by atoms with van der Waals surface area (Å²) >= 11 is 0. The van der Waals surface area contributed by atoms with Crippen LogP contribution in [0.3, 0.4) is 0 Å². The van der Waals surface area contributed by atoms with Gasteiger partial charge in [0.25, 0.3) is 5.91 Å². The molecule has 1 saturated carbocycles. The Hall–Kier alpha value is -4.08. The molecule has 2 aromatic heterocycles. The molecule has 4 rings (SSSR count). The second-order valence-corrected chi connectivity index (χ2v) is 7.71. The Balaban J connectivity index is 1.75. The van der Waals surface area contributed by atoms with Crippen LogP contribution in [0.2, 0.25) is 0 Å². The van der Waals surface area contributed by atoms with E-state index in [4.69, 9.17) is 20.6 Å². The van der Waals surface area contributed by atoms with Gasteiger partial charge in [-0.2, -0.15) is 9.97 Å². The number of nitrogens with two attached hydrogens (primary N) is 1. The summed E-state index contributed by atoms with van der Waals surface area (Å²) in [6.45, 7) is 0. The van der Waals surface area contributed by atoms with Crippen molar-refractivity contribution in [3.05, 3.63) is 41.6 Å². The molecule has 0 saturated heterocycles. The van der Waals surface area contributed by atoms with Gasteiger partial charge in [0, 0.05) is 36.3 Å². The van der Waals surface area contributed by atoms with E-state index in [1.54, 1.807) is 31.4 Å². The van der Waals surface area contributed by atoms with E-state index >= 15 is 0 Å². The van der Waals surface area contributed by atoms with Gasteiger partial charge < -0.3 is 36.2 Å². The highest BCUT2D eigenvalue weighted by atomic mass is 16.5. The minimum atomic E-state index is -0.209. The first-order chi connectivity index (χ1) is 16.0. The molecular weight excluding hydrogens is 422 g/mol. The Morgan fingerprint density at radius 2 is 2.09 bits per heavy atom. The maximum Gasteiger partial charge on any atom is 0.251 e. The molecular formula is C23H27N7O3. The number of carbonyl (C=O) groups excluding carboxylic acids is 1. The molecule has 10 heteroatoms. The lowest BCUT2D eigenvalue weighted by Crippen LogP contribution is -2.17. The first-order valence-electron chi connectivity index (χ1n) is 10.7. The number of nitrogens with one attached hydrogen (secondary N) is 4. The topological polar surface area (TPSA) is 151 Å². The number of H-pyrrole nitrogens is 1. The lowest BCUT2D eigenvalue weighted by atomic mass is 10.1. The van der Waals surface area contributed by atoms with Crippen LogP contribution in [0.4, 0.5) is 11.6 Å². The monoisotopic (exact) mass is 449 g/mol. The van der Waals surface area contributed by atoms with Gasteiger partial charge in [0.05, 0.1) is 18.2 Å². The van der Waals surface area contributed by atoms with Gasteiger partial charge in [-0.05, 0) is 50.0 Å². The third kappa shape index (κ3) is 4.59. The largest absolute Gasteiger partial charge is 0.495 e. The number of hydrogen-bond acceptors (Lipinski definition) is 8. The molecule has 1 aromatic carbocycles. The normalized spacial score (nSPS) is 14.3. The van der Waals surface area contributed by atoms with E-state index in [0.717, 1.165) is 31.9 Å².